The van der Waals surface area contributed by atoms with E-state index in [-0.39, 0.29) is 5.91 Å². The lowest BCUT2D eigenvalue weighted by Crippen LogP contribution is -2.46. The van der Waals surface area contributed by atoms with E-state index in [4.69, 9.17) is 0 Å². The van der Waals surface area contributed by atoms with Crippen molar-refractivity contribution < 1.29 is 9.90 Å². The van der Waals surface area contributed by atoms with E-state index in [0.717, 1.165) is 42.9 Å². The Bertz CT molecular complexity index is 1070. The van der Waals surface area contributed by atoms with Crippen molar-refractivity contribution in [3.63, 3.8) is 0 Å². The zero-order valence-corrected chi connectivity index (χ0v) is 18.0. The van der Waals surface area contributed by atoms with Gasteiger partial charge in [0.1, 0.15) is 0 Å². The molecule has 0 saturated carbocycles. The van der Waals surface area contributed by atoms with Crippen molar-refractivity contribution in [2.75, 3.05) is 31.5 Å². The van der Waals surface area contributed by atoms with E-state index < -0.39 is 6.10 Å². The predicted molar refractivity (Wildman–Crippen MR) is 121 cm³/mol. The molecular formula is C23H25N5O2S. The first-order valence-corrected chi connectivity index (χ1v) is 11.5. The molecule has 0 bridgehead atoms. The van der Waals surface area contributed by atoms with Crippen LogP contribution < -0.4 is 5.32 Å². The second-order valence-electron chi connectivity index (χ2n) is 8.14. The van der Waals surface area contributed by atoms with Crippen molar-refractivity contribution >= 4 is 28.6 Å². The maximum absolute atomic E-state index is 13.1. The molecule has 1 unspecified atom stereocenters. The Balaban J connectivity index is 1.22. The van der Waals surface area contributed by atoms with Gasteiger partial charge in [-0.15, -0.1) is 11.3 Å². The van der Waals surface area contributed by atoms with Crippen LogP contribution in [0.5, 0.6) is 0 Å². The van der Waals surface area contributed by atoms with E-state index >= 15 is 0 Å². The average Bonchev–Trinajstić information content (AvgIpc) is 3.25. The zero-order valence-electron chi connectivity index (χ0n) is 17.2. The average molecular weight is 436 g/mol. The maximum atomic E-state index is 13.1. The molecule has 0 aliphatic carbocycles. The standard InChI is InChI=1S/C23H25N5O2S/c29-20(14-27-8-5-22-17(13-27)6-10-31-22)15-28-9-4-16-1-2-18(11-21(16)23(28)30)26-19-3-7-24-25-12-19/h1-3,6-7,10-12,20,29H,4-5,8-9,13-15H2,(H,24,26). The third kappa shape index (κ3) is 4.46. The van der Waals surface area contributed by atoms with Crippen molar-refractivity contribution in [2.24, 2.45) is 0 Å². The molecule has 8 heteroatoms. The van der Waals surface area contributed by atoms with Crippen LogP contribution in [0, 0.1) is 0 Å². The molecule has 0 spiro atoms. The van der Waals surface area contributed by atoms with Gasteiger partial charge in [0.05, 0.1) is 24.2 Å². The van der Waals surface area contributed by atoms with E-state index in [9.17, 15) is 9.90 Å². The van der Waals surface area contributed by atoms with Gasteiger partial charge in [0.2, 0.25) is 0 Å². The minimum Gasteiger partial charge on any atom is -0.390 e. The van der Waals surface area contributed by atoms with Gasteiger partial charge >= 0.3 is 0 Å². The molecule has 0 saturated heterocycles. The number of rotatable bonds is 6. The minimum absolute atomic E-state index is 0.0180. The summed E-state index contributed by atoms with van der Waals surface area (Å²) in [5.74, 6) is -0.0180. The number of anilines is 2. The number of hydrogen-bond acceptors (Lipinski definition) is 7. The van der Waals surface area contributed by atoms with Gasteiger partial charge in [-0.05, 0) is 53.6 Å². The molecular weight excluding hydrogens is 410 g/mol. The SMILES string of the molecule is O=C1c2cc(Nc3ccnnc3)ccc2CCN1CC(O)CN1CCc2sccc2C1. The Morgan fingerprint density at radius 3 is 2.87 bits per heavy atom. The number of aliphatic hydroxyl groups excluding tert-OH is 1. The first kappa shape index (κ1) is 20.1. The molecule has 3 aromatic rings. The van der Waals surface area contributed by atoms with Gasteiger partial charge in [-0.3, -0.25) is 9.69 Å². The molecule has 4 heterocycles. The lowest BCUT2D eigenvalue weighted by atomic mass is 9.98. The van der Waals surface area contributed by atoms with Crippen LogP contribution in [0.2, 0.25) is 0 Å². The van der Waals surface area contributed by atoms with Gasteiger partial charge in [0.15, 0.2) is 0 Å². The lowest BCUT2D eigenvalue weighted by molar-refractivity contribution is 0.0494. The highest BCUT2D eigenvalue weighted by Gasteiger charge is 2.27. The largest absolute Gasteiger partial charge is 0.390 e. The minimum atomic E-state index is -0.560. The Kier molecular flexibility index (Phi) is 5.67. The summed E-state index contributed by atoms with van der Waals surface area (Å²) in [5, 5.41) is 23.8. The maximum Gasteiger partial charge on any atom is 0.254 e. The summed E-state index contributed by atoms with van der Waals surface area (Å²) in [6.07, 6.45) is 4.54. The summed E-state index contributed by atoms with van der Waals surface area (Å²) in [5.41, 5.74) is 4.78. The third-order valence-corrected chi connectivity index (χ3v) is 6.96. The fourth-order valence-corrected chi connectivity index (χ4v) is 5.27. The van der Waals surface area contributed by atoms with Crippen molar-refractivity contribution in [1.82, 2.24) is 20.0 Å². The Morgan fingerprint density at radius 1 is 1.06 bits per heavy atom. The van der Waals surface area contributed by atoms with Crippen LogP contribution in [0.4, 0.5) is 11.4 Å². The summed E-state index contributed by atoms with van der Waals surface area (Å²) in [4.78, 5) is 18.7. The van der Waals surface area contributed by atoms with Crippen LogP contribution in [-0.4, -0.2) is 63.3 Å². The number of aliphatic hydroxyl groups is 1. The Hall–Kier alpha value is -2.81. The van der Waals surface area contributed by atoms with Crippen molar-refractivity contribution in [2.45, 2.75) is 25.5 Å². The van der Waals surface area contributed by atoms with Crippen LogP contribution in [0.3, 0.4) is 0 Å². The monoisotopic (exact) mass is 435 g/mol. The molecule has 7 nitrogen and oxygen atoms in total. The van der Waals surface area contributed by atoms with Gasteiger partial charge in [0.25, 0.3) is 5.91 Å². The van der Waals surface area contributed by atoms with Crippen molar-refractivity contribution in [1.29, 1.82) is 0 Å². The summed E-state index contributed by atoms with van der Waals surface area (Å²) in [7, 11) is 0. The number of benzene rings is 1. The molecule has 2 N–H and O–H groups in total. The number of thiophene rings is 1. The molecule has 2 aliphatic rings. The molecule has 1 aromatic carbocycles. The van der Waals surface area contributed by atoms with Crippen LogP contribution >= 0.6 is 11.3 Å². The van der Waals surface area contributed by atoms with E-state index in [0.29, 0.717) is 25.2 Å². The molecule has 31 heavy (non-hydrogen) atoms. The Labute approximate surface area is 185 Å². The fraction of sp³-hybridized carbons (Fsp3) is 0.348. The second-order valence-corrected chi connectivity index (χ2v) is 9.14. The summed E-state index contributed by atoms with van der Waals surface area (Å²) < 4.78 is 0. The Morgan fingerprint density at radius 2 is 2.00 bits per heavy atom. The fourth-order valence-electron chi connectivity index (χ4n) is 4.38. The molecule has 0 radical (unpaired) electrons. The van der Waals surface area contributed by atoms with E-state index in [1.807, 2.05) is 35.6 Å². The van der Waals surface area contributed by atoms with E-state index in [1.54, 1.807) is 17.3 Å². The van der Waals surface area contributed by atoms with Crippen LogP contribution in [0.1, 0.15) is 26.4 Å². The predicted octanol–water partition coefficient (Wildman–Crippen LogP) is 2.70. The normalized spacial score (nSPS) is 17.2. The number of nitrogens with one attached hydrogen (secondary N) is 1. The summed E-state index contributed by atoms with van der Waals surface area (Å²) in [6.45, 7) is 3.42. The van der Waals surface area contributed by atoms with Crippen molar-refractivity contribution in [3.05, 3.63) is 69.7 Å². The molecule has 0 fully saturated rings. The van der Waals surface area contributed by atoms with Crippen LogP contribution in [0.25, 0.3) is 0 Å². The van der Waals surface area contributed by atoms with Gasteiger partial charge in [-0.1, -0.05) is 6.07 Å². The number of aromatic nitrogens is 2. The van der Waals surface area contributed by atoms with Gasteiger partial charge in [0, 0.05) is 48.9 Å². The number of hydrogen-bond donors (Lipinski definition) is 2. The summed E-state index contributed by atoms with van der Waals surface area (Å²) in [6, 6.07) is 9.88. The number of carbonyl (C=O) groups excluding carboxylic acids is 1. The first-order chi connectivity index (χ1) is 15.2. The molecule has 1 atom stereocenters. The molecule has 5 rings (SSSR count). The van der Waals surface area contributed by atoms with Crippen LogP contribution in [-0.2, 0) is 19.4 Å². The number of carbonyl (C=O) groups is 1. The van der Waals surface area contributed by atoms with Gasteiger partial charge in [-0.25, -0.2) is 0 Å². The van der Waals surface area contributed by atoms with Gasteiger partial charge in [-0.2, -0.15) is 10.2 Å². The highest BCUT2D eigenvalue weighted by molar-refractivity contribution is 7.10. The number of nitrogens with zero attached hydrogens (tertiary/aromatic N) is 4. The molecule has 1 amide bonds. The highest BCUT2D eigenvalue weighted by Crippen LogP contribution is 2.26. The molecule has 160 valence electrons. The quantitative estimate of drug-likeness (QED) is 0.620. The van der Waals surface area contributed by atoms with E-state index in [1.165, 1.54) is 10.4 Å². The van der Waals surface area contributed by atoms with Crippen molar-refractivity contribution in [3.8, 4) is 0 Å². The molecule has 2 aromatic heterocycles. The third-order valence-electron chi connectivity index (χ3n) is 5.94. The highest BCUT2D eigenvalue weighted by atomic mass is 32.1. The molecule has 2 aliphatic heterocycles. The number of β-amino-alcohol motifs (C(OH)–C–C–N with tert-alkyl or cyclic N) is 1. The second kappa shape index (κ2) is 8.74. The first-order valence-electron chi connectivity index (χ1n) is 10.6. The van der Waals surface area contributed by atoms with Gasteiger partial charge < -0.3 is 15.3 Å². The smallest absolute Gasteiger partial charge is 0.254 e. The topological polar surface area (TPSA) is 81.6 Å². The number of fused-ring (bicyclic) bond motifs is 2. The van der Waals surface area contributed by atoms with Crippen LogP contribution in [0.15, 0.2) is 48.1 Å². The zero-order chi connectivity index (χ0) is 21.2. The summed E-state index contributed by atoms with van der Waals surface area (Å²) >= 11 is 1.82. The number of amides is 1. The lowest BCUT2D eigenvalue weighted by Gasteiger charge is -2.33. The van der Waals surface area contributed by atoms with E-state index in [2.05, 4.69) is 31.9 Å².